The average Bonchev–Trinajstić information content (AvgIpc) is 3.42. The minimum atomic E-state index is -1.08. The summed E-state index contributed by atoms with van der Waals surface area (Å²) in [6.45, 7) is 0.984. The summed E-state index contributed by atoms with van der Waals surface area (Å²) in [5.74, 6) is -1.61. The number of hydrogen-bond donors (Lipinski definition) is 3. The van der Waals surface area contributed by atoms with Gasteiger partial charge in [-0.2, -0.15) is 0 Å². The molecule has 2 amide bonds. The van der Waals surface area contributed by atoms with Gasteiger partial charge in [0.1, 0.15) is 12.7 Å². The highest BCUT2D eigenvalue weighted by molar-refractivity contribution is 5.82. The second-order valence-electron chi connectivity index (χ2n) is 8.03. The maximum Gasteiger partial charge on any atom is 0.407 e. The van der Waals surface area contributed by atoms with Crippen LogP contribution in [0.4, 0.5) is 4.79 Å². The normalized spacial score (nSPS) is 19.2. The summed E-state index contributed by atoms with van der Waals surface area (Å²) < 4.78 is 11.1. The standard InChI is InChI=1S/C25H26N2O6/c28-22(29)10-5-12-26-24(30)23-16(11-13-32-23)14-27-25(31)33-15-21-19-8-3-1-6-17(19)18-7-2-4-9-20(18)21/h1-10,16,21,23H,11-15H2,(H,26,30)(H,27,31)(H,28,29)/b10-5+/t16-,23-/m0/s1. The van der Waals surface area contributed by atoms with E-state index in [4.69, 9.17) is 14.6 Å². The van der Waals surface area contributed by atoms with E-state index in [9.17, 15) is 14.4 Å². The van der Waals surface area contributed by atoms with Crippen LogP contribution in [-0.2, 0) is 19.1 Å². The fraction of sp³-hybridized carbons (Fsp3) is 0.320. The van der Waals surface area contributed by atoms with Crippen molar-refractivity contribution in [3.63, 3.8) is 0 Å². The van der Waals surface area contributed by atoms with Gasteiger partial charge in [0.2, 0.25) is 5.91 Å². The van der Waals surface area contributed by atoms with Crippen LogP contribution in [0.3, 0.4) is 0 Å². The lowest BCUT2D eigenvalue weighted by atomic mass is 9.98. The van der Waals surface area contributed by atoms with Gasteiger partial charge < -0.3 is 25.2 Å². The summed E-state index contributed by atoms with van der Waals surface area (Å²) >= 11 is 0. The van der Waals surface area contributed by atoms with Crippen molar-refractivity contribution in [3.8, 4) is 11.1 Å². The first kappa shape index (κ1) is 22.5. The third kappa shape index (κ3) is 5.23. The van der Waals surface area contributed by atoms with Crippen molar-refractivity contribution in [3.05, 3.63) is 71.8 Å². The largest absolute Gasteiger partial charge is 0.478 e. The Balaban J connectivity index is 1.28. The second kappa shape index (κ2) is 10.3. The number of aliphatic carboxylic acids is 1. The van der Waals surface area contributed by atoms with Gasteiger partial charge in [0.05, 0.1) is 0 Å². The average molecular weight is 450 g/mol. The Morgan fingerprint density at radius 1 is 1.03 bits per heavy atom. The first-order chi connectivity index (χ1) is 16.0. The summed E-state index contributed by atoms with van der Waals surface area (Å²) in [7, 11) is 0. The van der Waals surface area contributed by atoms with Gasteiger partial charge in [0.25, 0.3) is 0 Å². The van der Waals surface area contributed by atoms with Crippen LogP contribution >= 0.6 is 0 Å². The van der Waals surface area contributed by atoms with Gasteiger partial charge in [0, 0.05) is 37.6 Å². The molecular formula is C25H26N2O6. The van der Waals surface area contributed by atoms with E-state index in [0.717, 1.165) is 28.3 Å². The summed E-state index contributed by atoms with van der Waals surface area (Å²) in [4.78, 5) is 35.2. The van der Waals surface area contributed by atoms with Gasteiger partial charge in [0.15, 0.2) is 0 Å². The Bertz CT molecular complexity index is 1020. The van der Waals surface area contributed by atoms with E-state index >= 15 is 0 Å². The van der Waals surface area contributed by atoms with E-state index < -0.39 is 18.2 Å². The fourth-order valence-corrected chi connectivity index (χ4v) is 4.42. The van der Waals surface area contributed by atoms with Crippen LogP contribution in [0.25, 0.3) is 11.1 Å². The van der Waals surface area contributed by atoms with Crippen LogP contribution in [0, 0.1) is 5.92 Å². The van der Waals surface area contributed by atoms with E-state index in [-0.39, 0.29) is 37.4 Å². The van der Waals surface area contributed by atoms with E-state index in [2.05, 4.69) is 34.9 Å². The van der Waals surface area contributed by atoms with Crippen molar-refractivity contribution < 1.29 is 29.0 Å². The number of carbonyl (C=O) groups is 3. The third-order valence-corrected chi connectivity index (χ3v) is 5.98. The first-order valence-corrected chi connectivity index (χ1v) is 10.9. The number of nitrogens with one attached hydrogen (secondary N) is 2. The Morgan fingerprint density at radius 3 is 2.36 bits per heavy atom. The van der Waals surface area contributed by atoms with E-state index in [1.54, 1.807) is 0 Å². The SMILES string of the molecule is O=C(O)/C=C/CNC(=O)[C@H]1OCC[C@H]1CNC(=O)OCC1c2ccccc2-c2ccccc21. The molecule has 1 fully saturated rings. The molecular weight excluding hydrogens is 424 g/mol. The Morgan fingerprint density at radius 2 is 1.70 bits per heavy atom. The molecule has 2 aromatic carbocycles. The number of hydrogen-bond acceptors (Lipinski definition) is 5. The molecule has 0 aromatic heterocycles. The number of carbonyl (C=O) groups excluding carboxylic acids is 2. The van der Waals surface area contributed by atoms with Crippen LogP contribution in [0.1, 0.15) is 23.5 Å². The van der Waals surface area contributed by atoms with Gasteiger partial charge >= 0.3 is 12.1 Å². The van der Waals surface area contributed by atoms with Crippen LogP contribution in [0.15, 0.2) is 60.7 Å². The zero-order valence-corrected chi connectivity index (χ0v) is 18.0. The third-order valence-electron chi connectivity index (χ3n) is 5.98. The minimum absolute atomic E-state index is 0.0182. The molecule has 33 heavy (non-hydrogen) atoms. The maximum atomic E-state index is 12.4. The number of carboxylic acid groups (broad SMARTS) is 1. The Kier molecular flexibility index (Phi) is 7.04. The molecule has 4 rings (SSSR count). The van der Waals surface area contributed by atoms with Gasteiger partial charge in [-0.25, -0.2) is 9.59 Å². The van der Waals surface area contributed by atoms with E-state index in [1.807, 2.05) is 24.3 Å². The molecule has 8 nitrogen and oxygen atoms in total. The summed E-state index contributed by atoms with van der Waals surface area (Å²) in [6, 6.07) is 16.3. The molecule has 2 aromatic rings. The van der Waals surface area contributed by atoms with Crippen molar-refractivity contribution in [2.24, 2.45) is 5.92 Å². The molecule has 0 unspecified atom stereocenters. The van der Waals surface area contributed by atoms with Gasteiger partial charge in [-0.1, -0.05) is 54.6 Å². The summed E-state index contributed by atoms with van der Waals surface area (Å²) in [5, 5.41) is 14.0. The number of ether oxygens (including phenoxy) is 2. The highest BCUT2D eigenvalue weighted by Crippen LogP contribution is 2.44. The lowest BCUT2D eigenvalue weighted by molar-refractivity contribution is -0.132. The number of carboxylic acids is 1. The summed E-state index contributed by atoms with van der Waals surface area (Å²) in [5.41, 5.74) is 4.61. The molecule has 1 aliphatic carbocycles. The van der Waals surface area contributed by atoms with Crippen molar-refractivity contribution in [1.82, 2.24) is 10.6 Å². The molecule has 172 valence electrons. The van der Waals surface area contributed by atoms with E-state index in [0.29, 0.717) is 13.0 Å². The van der Waals surface area contributed by atoms with Gasteiger partial charge in [-0.15, -0.1) is 0 Å². The molecule has 1 aliphatic heterocycles. The lowest BCUT2D eigenvalue weighted by Gasteiger charge is -2.19. The predicted molar refractivity (Wildman–Crippen MR) is 121 cm³/mol. The molecule has 0 bridgehead atoms. The molecule has 0 spiro atoms. The molecule has 8 heteroatoms. The predicted octanol–water partition coefficient (Wildman–Crippen LogP) is 2.69. The summed E-state index contributed by atoms with van der Waals surface area (Å²) in [6.07, 6.45) is 1.71. The molecule has 2 aliphatic rings. The lowest BCUT2D eigenvalue weighted by Crippen LogP contribution is -2.42. The van der Waals surface area contributed by atoms with Crippen LogP contribution in [-0.4, -0.2) is 55.5 Å². The van der Waals surface area contributed by atoms with Crippen LogP contribution in [0.2, 0.25) is 0 Å². The molecule has 1 heterocycles. The van der Waals surface area contributed by atoms with Crippen molar-refractivity contribution in [1.29, 1.82) is 0 Å². The zero-order chi connectivity index (χ0) is 23.2. The second-order valence-corrected chi connectivity index (χ2v) is 8.03. The van der Waals surface area contributed by atoms with Crippen molar-refractivity contribution in [2.45, 2.75) is 18.4 Å². The van der Waals surface area contributed by atoms with Gasteiger partial charge in [-0.3, -0.25) is 4.79 Å². The van der Waals surface area contributed by atoms with Gasteiger partial charge in [-0.05, 0) is 28.7 Å². The van der Waals surface area contributed by atoms with Crippen molar-refractivity contribution in [2.75, 3.05) is 26.3 Å². The highest BCUT2D eigenvalue weighted by atomic mass is 16.5. The highest BCUT2D eigenvalue weighted by Gasteiger charge is 2.34. The van der Waals surface area contributed by atoms with Crippen molar-refractivity contribution >= 4 is 18.0 Å². The monoisotopic (exact) mass is 450 g/mol. The zero-order valence-electron chi connectivity index (χ0n) is 18.0. The number of alkyl carbamates (subject to hydrolysis) is 1. The smallest absolute Gasteiger partial charge is 0.407 e. The van der Waals surface area contributed by atoms with Crippen LogP contribution < -0.4 is 10.6 Å². The molecule has 2 atom stereocenters. The number of rotatable bonds is 8. The molecule has 3 N–H and O–H groups in total. The topological polar surface area (TPSA) is 114 Å². The fourth-order valence-electron chi connectivity index (χ4n) is 4.42. The molecule has 1 saturated heterocycles. The maximum absolute atomic E-state index is 12.4. The number of amides is 2. The molecule has 0 saturated carbocycles. The first-order valence-electron chi connectivity index (χ1n) is 10.9. The Hall–Kier alpha value is -3.65. The van der Waals surface area contributed by atoms with E-state index in [1.165, 1.54) is 6.08 Å². The van der Waals surface area contributed by atoms with Crippen LogP contribution in [0.5, 0.6) is 0 Å². The Labute approximate surface area is 191 Å². The number of benzene rings is 2. The molecule has 0 radical (unpaired) electrons. The number of fused-ring (bicyclic) bond motifs is 3. The quantitative estimate of drug-likeness (QED) is 0.533. The minimum Gasteiger partial charge on any atom is -0.478 e.